The lowest BCUT2D eigenvalue weighted by atomic mass is 9.92. The first-order valence-corrected chi connectivity index (χ1v) is 3.33. The van der Waals surface area contributed by atoms with Gasteiger partial charge >= 0.3 is 7.48 Å². The van der Waals surface area contributed by atoms with Crippen LogP contribution in [0.2, 0.25) is 0 Å². The van der Waals surface area contributed by atoms with E-state index >= 15 is 0 Å². The molecule has 1 rings (SSSR count). The lowest BCUT2D eigenvalue weighted by Gasteiger charge is -2.08. The highest BCUT2D eigenvalue weighted by molar-refractivity contribution is 6.45. The van der Waals surface area contributed by atoms with Crippen LogP contribution in [0.4, 0.5) is 5.95 Å². The van der Waals surface area contributed by atoms with Crippen molar-refractivity contribution in [2.24, 2.45) is 0 Å². The summed E-state index contributed by atoms with van der Waals surface area (Å²) in [7, 11) is 3.73. The van der Waals surface area contributed by atoms with Gasteiger partial charge in [0.15, 0.2) is 0 Å². The summed E-state index contributed by atoms with van der Waals surface area (Å²) in [6.45, 7) is 0. The van der Waals surface area contributed by atoms with Crippen LogP contribution in [0, 0.1) is 0 Å². The molecule has 0 aromatic carbocycles. The first kappa shape index (κ1) is 8.01. The van der Waals surface area contributed by atoms with Crippen LogP contribution in [0.3, 0.4) is 0 Å². The molecule has 0 aliphatic heterocycles. The summed E-state index contributed by atoms with van der Waals surface area (Å²) in [6, 6.07) is 0. The van der Waals surface area contributed by atoms with Gasteiger partial charge in [-0.25, -0.2) is 9.97 Å². The van der Waals surface area contributed by atoms with E-state index in [9.17, 15) is 0 Å². The first-order valence-electron chi connectivity index (χ1n) is 3.33. The maximum Gasteiger partial charge on any atom is 0.307 e. The lowest BCUT2D eigenvalue weighted by Crippen LogP contribution is -2.19. The monoisotopic (exact) mass is 151 g/mol. The Morgan fingerprint density at radius 1 is 1.36 bits per heavy atom. The Hall–Kier alpha value is -1.10. The summed E-state index contributed by atoms with van der Waals surface area (Å²) in [5.74, 6) is 0.655. The van der Waals surface area contributed by atoms with Crippen LogP contribution >= 0.6 is 0 Å². The van der Waals surface area contributed by atoms with Crippen LogP contribution in [0.1, 0.15) is 0 Å². The minimum absolute atomic E-state index is 0.00624. The molecule has 0 spiro atoms. The Balaban J connectivity index is 2.83. The highest BCUT2D eigenvalue weighted by Crippen LogP contribution is 1.95. The molecule has 1 aromatic heterocycles. The SMILES string of the molecule is CN(C)c1ncc(BO)cn1. The molecular formula is C6H10BN3O. The minimum atomic E-state index is -0.00624. The number of hydrogen-bond acceptors (Lipinski definition) is 4. The van der Waals surface area contributed by atoms with E-state index in [1.54, 1.807) is 17.3 Å². The van der Waals surface area contributed by atoms with E-state index in [-0.39, 0.29) is 7.48 Å². The molecule has 0 aliphatic carbocycles. The van der Waals surface area contributed by atoms with Gasteiger partial charge in [-0.05, 0) is 5.46 Å². The quantitative estimate of drug-likeness (QED) is 0.523. The molecule has 1 N–H and O–H groups in total. The molecule has 0 fully saturated rings. The highest BCUT2D eigenvalue weighted by atomic mass is 16.2. The van der Waals surface area contributed by atoms with E-state index in [4.69, 9.17) is 5.02 Å². The predicted octanol–water partition coefficient (Wildman–Crippen LogP) is -1.49. The third-order valence-electron chi connectivity index (χ3n) is 1.27. The maximum atomic E-state index is 8.67. The summed E-state index contributed by atoms with van der Waals surface area (Å²) in [6.07, 6.45) is 3.23. The summed E-state index contributed by atoms with van der Waals surface area (Å²) < 4.78 is 0. The van der Waals surface area contributed by atoms with E-state index in [0.29, 0.717) is 5.95 Å². The Kier molecular flexibility index (Phi) is 2.43. The molecule has 0 bridgehead atoms. The van der Waals surface area contributed by atoms with Crippen molar-refractivity contribution in [3.63, 3.8) is 0 Å². The van der Waals surface area contributed by atoms with Crippen molar-refractivity contribution < 1.29 is 5.02 Å². The van der Waals surface area contributed by atoms with Crippen molar-refractivity contribution in [2.75, 3.05) is 19.0 Å². The van der Waals surface area contributed by atoms with Crippen molar-refractivity contribution in [1.29, 1.82) is 0 Å². The molecule has 58 valence electrons. The molecule has 0 radical (unpaired) electrons. The molecule has 0 aliphatic rings. The molecule has 1 heterocycles. The average molecular weight is 151 g/mol. The molecule has 11 heavy (non-hydrogen) atoms. The van der Waals surface area contributed by atoms with Gasteiger partial charge in [-0.15, -0.1) is 0 Å². The standard InChI is InChI=1S/C6H10BN3O/c1-10(2)6-8-3-5(7-11)4-9-6/h3-4,7,11H,1-2H3. The predicted molar refractivity (Wildman–Crippen MR) is 45.4 cm³/mol. The molecule has 4 nitrogen and oxygen atoms in total. The highest BCUT2D eigenvalue weighted by Gasteiger charge is 1.98. The zero-order valence-corrected chi connectivity index (χ0v) is 6.65. The largest absolute Gasteiger partial charge is 0.449 e. The van der Waals surface area contributed by atoms with Crippen molar-refractivity contribution in [3.05, 3.63) is 12.4 Å². The van der Waals surface area contributed by atoms with E-state index in [1.807, 2.05) is 14.1 Å². The molecule has 0 amide bonds. The maximum absolute atomic E-state index is 8.67. The fourth-order valence-electron chi connectivity index (χ4n) is 0.661. The van der Waals surface area contributed by atoms with Gasteiger partial charge in [-0.2, -0.15) is 0 Å². The molecular weight excluding hydrogens is 141 g/mol. The second-order valence-corrected chi connectivity index (χ2v) is 2.44. The second-order valence-electron chi connectivity index (χ2n) is 2.44. The van der Waals surface area contributed by atoms with E-state index in [2.05, 4.69) is 9.97 Å². The van der Waals surface area contributed by atoms with Crippen molar-refractivity contribution in [1.82, 2.24) is 9.97 Å². The van der Waals surface area contributed by atoms with Crippen LogP contribution in [0.5, 0.6) is 0 Å². The van der Waals surface area contributed by atoms with Gasteiger partial charge in [0, 0.05) is 26.5 Å². The lowest BCUT2D eigenvalue weighted by molar-refractivity contribution is 0.615. The minimum Gasteiger partial charge on any atom is -0.449 e. The summed E-state index contributed by atoms with van der Waals surface area (Å²) in [5.41, 5.74) is 0.732. The van der Waals surface area contributed by atoms with Crippen LogP contribution in [0.15, 0.2) is 12.4 Å². The van der Waals surface area contributed by atoms with Crippen LogP contribution in [0.25, 0.3) is 0 Å². The zero-order valence-electron chi connectivity index (χ0n) is 6.65. The average Bonchev–Trinajstić information content (AvgIpc) is 2.05. The summed E-state index contributed by atoms with van der Waals surface area (Å²) >= 11 is 0. The van der Waals surface area contributed by atoms with Crippen molar-refractivity contribution in [3.8, 4) is 0 Å². The smallest absolute Gasteiger partial charge is 0.307 e. The van der Waals surface area contributed by atoms with Crippen molar-refractivity contribution >= 4 is 18.9 Å². The first-order chi connectivity index (χ1) is 5.24. The van der Waals surface area contributed by atoms with Crippen LogP contribution < -0.4 is 10.4 Å². The summed E-state index contributed by atoms with van der Waals surface area (Å²) in [5, 5.41) is 8.67. The zero-order chi connectivity index (χ0) is 8.27. The van der Waals surface area contributed by atoms with E-state index < -0.39 is 0 Å². The molecule has 0 saturated carbocycles. The van der Waals surface area contributed by atoms with Gasteiger partial charge in [-0.3, -0.25) is 0 Å². The molecule has 0 unspecified atom stereocenters. The number of anilines is 1. The fourth-order valence-corrected chi connectivity index (χ4v) is 0.661. The number of hydrogen-bond donors (Lipinski definition) is 1. The Morgan fingerprint density at radius 2 is 1.91 bits per heavy atom. The van der Waals surface area contributed by atoms with Gasteiger partial charge in [0.25, 0.3) is 0 Å². The van der Waals surface area contributed by atoms with Gasteiger partial charge in [0.1, 0.15) is 0 Å². The van der Waals surface area contributed by atoms with Gasteiger partial charge in [-0.1, -0.05) is 0 Å². The van der Waals surface area contributed by atoms with Gasteiger partial charge in [0.2, 0.25) is 5.95 Å². The Labute approximate surface area is 66.2 Å². The number of rotatable bonds is 2. The summed E-state index contributed by atoms with van der Waals surface area (Å²) in [4.78, 5) is 9.81. The van der Waals surface area contributed by atoms with E-state index in [0.717, 1.165) is 5.46 Å². The topological polar surface area (TPSA) is 49.2 Å². The molecule has 1 aromatic rings. The van der Waals surface area contributed by atoms with E-state index in [1.165, 1.54) is 0 Å². The Bertz CT molecular complexity index is 224. The van der Waals surface area contributed by atoms with Crippen molar-refractivity contribution in [2.45, 2.75) is 0 Å². The second kappa shape index (κ2) is 3.34. The number of aromatic nitrogens is 2. The number of nitrogens with zero attached hydrogens (tertiary/aromatic N) is 3. The normalized spacial score (nSPS) is 9.36. The third kappa shape index (κ3) is 1.91. The van der Waals surface area contributed by atoms with Gasteiger partial charge < -0.3 is 9.92 Å². The molecule has 5 heteroatoms. The third-order valence-corrected chi connectivity index (χ3v) is 1.27. The van der Waals surface area contributed by atoms with Crippen LogP contribution in [-0.2, 0) is 0 Å². The fraction of sp³-hybridized carbons (Fsp3) is 0.333. The van der Waals surface area contributed by atoms with Crippen LogP contribution in [-0.4, -0.2) is 36.6 Å². The molecule has 0 saturated heterocycles. The molecule has 0 atom stereocenters. The van der Waals surface area contributed by atoms with Gasteiger partial charge in [0.05, 0.1) is 0 Å². The Morgan fingerprint density at radius 3 is 2.27 bits per heavy atom.